The van der Waals surface area contributed by atoms with Gasteiger partial charge < -0.3 is 5.11 Å². The highest BCUT2D eigenvalue weighted by atomic mass is 35.5. The Labute approximate surface area is 118 Å². The van der Waals surface area contributed by atoms with Crippen molar-refractivity contribution in [1.82, 2.24) is 4.98 Å². The molecule has 0 aliphatic heterocycles. The van der Waals surface area contributed by atoms with Gasteiger partial charge in [-0.05, 0) is 37.0 Å². The molecule has 2 nitrogen and oxygen atoms in total. The first kappa shape index (κ1) is 12.9. The Morgan fingerprint density at radius 2 is 1.95 bits per heavy atom. The molecule has 1 unspecified atom stereocenters. The topological polar surface area (TPSA) is 33.1 Å². The average Bonchev–Trinajstić information content (AvgIpc) is 2.48. The Morgan fingerprint density at radius 1 is 1.16 bits per heavy atom. The van der Waals surface area contributed by atoms with Crippen LogP contribution in [0.1, 0.15) is 43.8 Å². The molecule has 3 heteroatoms. The number of fused-ring (bicyclic) bond motifs is 1. The van der Waals surface area contributed by atoms with Crippen LogP contribution < -0.4 is 0 Å². The maximum absolute atomic E-state index is 10.7. The van der Waals surface area contributed by atoms with Crippen molar-refractivity contribution in [3.8, 4) is 0 Å². The predicted molar refractivity (Wildman–Crippen MR) is 78.3 cm³/mol. The van der Waals surface area contributed by atoms with Crippen LogP contribution in [0.4, 0.5) is 0 Å². The molecule has 1 aromatic heterocycles. The van der Waals surface area contributed by atoms with Crippen molar-refractivity contribution in [1.29, 1.82) is 0 Å². The summed E-state index contributed by atoms with van der Waals surface area (Å²) in [6.07, 6.45) is 7.30. The molecule has 2 aromatic rings. The Hall–Kier alpha value is -1.12. The lowest BCUT2D eigenvalue weighted by molar-refractivity contribution is 0.0859. The van der Waals surface area contributed by atoms with Crippen molar-refractivity contribution in [3.63, 3.8) is 0 Å². The van der Waals surface area contributed by atoms with Crippen LogP contribution in [-0.2, 0) is 0 Å². The van der Waals surface area contributed by atoms with Gasteiger partial charge in [0, 0.05) is 22.2 Å². The molecule has 19 heavy (non-hydrogen) atoms. The van der Waals surface area contributed by atoms with Gasteiger partial charge in [-0.1, -0.05) is 36.9 Å². The zero-order valence-corrected chi connectivity index (χ0v) is 11.6. The number of benzene rings is 1. The SMILES string of the molecule is OC(c1ccc(Cl)c2cccnc12)C1CCCCC1. The van der Waals surface area contributed by atoms with E-state index in [2.05, 4.69) is 4.98 Å². The molecule has 1 aliphatic carbocycles. The van der Waals surface area contributed by atoms with Crippen LogP contribution in [0.3, 0.4) is 0 Å². The fourth-order valence-electron chi connectivity index (χ4n) is 3.10. The maximum Gasteiger partial charge on any atom is 0.0839 e. The fourth-order valence-corrected chi connectivity index (χ4v) is 3.32. The molecule has 0 saturated heterocycles. The summed E-state index contributed by atoms with van der Waals surface area (Å²) in [7, 11) is 0. The van der Waals surface area contributed by atoms with Gasteiger partial charge in [0.25, 0.3) is 0 Å². The number of hydrogen-bond acceptors (Lipinski definition) is 2. The summed E-state index contributed by atoms with van der Waals surface area (Å²) in [6, 6.07) is 7.64. The van der Waals surface area contributed by atoms with Crippen molar-refractivity contribution in [2.24, 2.45) is 5.92 Å². The molecular weight excluding hydrogens is 258 g/mol. The van der Waals surface area contributed by atoms with Gasteiger partial charge in [0.1, 0.15) is 0 Å². The van der Waals surface area contributed by atoms with Crippen LogP contribution in [0.5, 0.6) is 0 Å². The molecule has 1 aromatic carbocycles. The third-order valence-electron chi connectivity index (χ3n) is 4.16. The quantitative estimate of drug-likeness (QED) is 0.875. The van der Waals surface area contributed by atoms with Gasteiger partial charge in [0.2, 0.25) is 0 Å². The number of hydrogen-bond donors (Lipinski definition) is 1. The van der Waals surface area contributed by atoms with Crippen LogP contribution in [0, 0.1) is 5.92 Å². The van der Waals surface area contributed by atoms with Gasteiger partial charge in [0.15, 0.2) is 0 Å². The molecule has 3 rings (SSSR count). The molecule has 1 heterocycles. The second kappa shape index (κ2) is 5.48. The zero-order chi connectivity index (χ0) is 13.2. The van der Waals surface area contributed by atoms with E-state index in [1.807, 2.05) is 24.3 Å². The lowest BCUT2D eigenvalue weighted by atomic mass is 9.82. The summed E-state index contributed by atoms with van der Waals surface area (Å²) >= 11 is 6.20. The zero-order valence-electron chi connectivity index (χ0n) is 10.8. The highest BCUT2D eigenvalue weighted by Gasteiger charge is 2.25. The van der Waals surface area contributed by atoms with E-state index < -0.39 is 6.10 Å². The van der Waals surface area contributed by atoms with Crippen LogP contribution in [0.2, 0.25) is 5.02 Å². The highest BCUT2D eigenvalue weighted by Crippen LogP contribution is 2.37. The summed E-state index contributed by atoms with van der Waals surface area (Å²) < 4.78 is 0. The molecule has 1 saturated carbocycles. The molecule has 0 radical (unpaired) electrons. The average molecular weight is 276 g/mol. The Morgan fingerprint density at radius 3 is 2.74 bits per heavy atom. The van der Waals surface area contributed by atoms with Gasteiger partial charge in [-0.3, -0.25) is 4.98 Å². The molecule has 1 fully saturated rings. The Kier molecular flexibility index (Phi) is 3.72. The standard InChI is InChI=1S/C16H18ClNO/c17-14-9-8-13(15-12(14)7-4-10-18-15)16(19)11-5-2-1-3-6-11/h4,7-11,16,19H,1-3,5-6H2. The van der Waals surface area contributed by atoms with Crippen molar-refractivity contribution >= 4 is 22.5 Å². The second-order valence-corrected chi connectivity index (χ2v) is 5.79. The lowest BCUT2D eigenvalue weighted by Gasteiger charge is -2.27. The number of nitrogens with zero attached hydrogens (tertiary/aromatic N) is 1. The van der Waals surface area contributed by atoms with Crippen molar-refractivity contribution in [2.45, 2.75) is 38.2 Å². The van der Waals surface area contributed by atoms with E-state index in [9.17, 15) is 5.11 Å². The molecule has 100 valence electrons. The minimum atomic E-state index is -0.421. The number of halogens is 1. The third kappa shape index (κ3) is 2.47. The van der Waals surface area contributed by atoms with Gasteiger partial charge in [0.05, 0.1) is 11.6 Å². The van der Waals surface area contributed by atoms with Crippen molar-refractivity contribution < 1.29 is 5.11 Å². The van der Waals surface area contributed by atoms with E-state index >= 15 is 0 Å². The summed E-state index contributed by atoms with van der Waals surface area (Å²) in [5.74, 6) is 0.361. The summed E-state index contributed by atoms with van der Waals surface area (Å²) in [5, 5.41) is 12.3. The molecular formula is C16H18ClNO. The monoisotopic (exact) mass is 275 g/mol. The van der Waals surface area contributed by atoms with Gasteiger partial charge in [-0.15, -0.1) is 0 Å². The van der Waals surface area contributed by atoms with E-state index in [0.29, 0.717) is 10.9 Å². The summed E-state index contributed by atoms with van der Waals surface area (Å²) in [5.41, 5.74) is 1.76. The fraction of sp³-hybridized carbons (Fsp3) is 0.438. The van der Waals surface area contributed by atoms with Crippen LogP contribution in [0.15, 0.2) is 30.5 Å². The molecule has 0 amide bonds. The molecule has 0 spiro atoms. The van der Waals surface area contributed by atoms with Gasteiger partial charge >= 0.3 is 0 Å². The number of aromatic nitrogens is 1. The van der Waals surface area contributed by atoms with E-state index in [1.54, 1.807) is 6.20 Å². The minimum absolute atomic E-state index is 0.361. The number of pyridine rings is 1. The highest BCUT2D eigenvalue weighted by molar-refractivity contribution is 6.35. The van der Waals surface area contributed by atoms with Gasteiger partial charge in [-0.25, -0.2) is 0 Å². The second-order valence-electron chi connectivity index (χ2n) is 5.38. The first-order valence-electron chi connectivity index (χ1n) is 6.98. The number of aliphatic hydroxyl groups is 1. The molecule has 1 aliphatic rings. The van der Waals surface area contributed by atoms with Crippen LogP contribution in [-0.4, -0.2) is 10.1 Å². The van der Waals surface area contributed by atoms with Crippen molar-refractivity contribution in [3.05, 3.63) is 41.0 Å². The lowest BCUT2D eigenvalue weighted by Crippen LogP contribution is -2.16. The smallest absolute Gasteiger partial charge is 0.0839 e. The third-order valence-corrected chi connectivity index (χ3v) is 4.49. The van der Waals surface area contributed by atoms with E-state index in [0.717, 1.165) is 29.3 Å². The van der Waals surface area contributed by atoms with E-state index in [-0.39, 0.29) is 0 Å². The van der Waals surface area contributed by atoms with Gasteiger partial charge in [-0.2, -0.15) is 0 Å². The Bertz CT molecular complexity index is 578. The van der Waals surface area contributed by atoms with E-state index in [1.165, 1.54) is 19.3 Å². The van der Waals surface area contributed by atoms with E-state index in [4.69, 9.17) is 11.6 Å². The first-order valence-corrected chi connectivity index (χ1v) is 7.36. The first-order chi connectivity index (χ1) is 9.27. The molecule has 0 bridgehead atoms. The molecule has 1 atom stereocenters. The number of rotatable bonds is 2. The normalized spacial score (nSPS) is 18.6. The van der Waals surface area contributed by atoms with Crippen molar-refractivity contribution in [2.75, 3.05) is 0 Å². The largest absolute Gasteiger partial charge is 0.388 e. The maximum atomic E-state index is 10.7. The summed E-state index contributed by atoms with van der Waals surface area (Å²) in [6.45, 7) is 0. The predicted octanol–water partition coefficient (Wildman–Crippen LogP) is 4.50. The minimum Gasteiger partial charge on any atom is -0.388 e. The number of aliphatic hydroxyl groups excluding tert-OH is 1. The molecule has 1 N–H and O–H groups in total. The van der Waals surface area contributed by atoms with Crippen LogP contribution >= 0.6 is 11.6 Å². The summed E-state index contributed by atoms with van der Waals surface area (Å²) in [4.78, 5) is 4.41. The van der Waals surface area contributed by atoms with Crippen LogP contribution in [0.25, 0.3) is 10.9 Å². The Balaban J connectivity index is 2.02.